The Morgan fingerprint density at radius 3 is 0.762 bits per heavy atom. The van der Waals surface area contributed by atoms with Gasteiger partial charge in [-0.25, -0.2) is 0 Å². The van der Waals surface area contributed by atoms with Gasteiger partial charge in [0.15, 0.2) is 0 Å². The van der Waals surface area contributed by atoms with Gasteiger partial charge < -0.3 is 61.9 Å². The second kappa shape index (κ2) is 35.5. The molecule has 0 amide bonds. The van der Waals surface area contributed by atoms with Crippen LogP contribution in [0.4, 0.5) is 0 Å². The number of methoxy groups -OCH3 is 6. The van der Waals surface area contributed by atoms with Gasteiger partial charge >= 0.3 is 5.97 Å². The second-order valence-corrected chi connectivity index (χ2v) is 8.31. The SMILES string of the molecule is COCOCC(COCOC)C(=O)O.COCOCC(COCOC)C(C)=O.COCOCC(COCOC)C(C)=O. The number of hydrogen-bond donors (Lipinski definition) is 1. The fraction of sp³-hybridized carbons (Fsp3) is 0.885. The summed E-state index contributed by atoms with van der Waals surface area (Å²) in [6.45, 7) is 5.31. The van der Waals surface area contributed by atoms with Crippen molar-refractivity contribution in [2.75, 3.05) is 123 Å². The van der Waals surface area contributed by atoms with E-state index in [2.05, 4.69) is 9.47 Å². The van der Waals surface area contributed by atoms with Crippen LogP contribution in [0.25, 0.3) is 0 Å². The molecule has 0 aromatic rings. The molecular weight excluding hydrogens is 568 g/mol. The third-order valence-corrected chi connectivity index (χ3v) is 4.62. The van der Waals surface area contributed by atoms with Crippen molar-refractivity contribution in [3.05, 3.63) is 0 Å². The van der Waals surface area contributed by atoms with Crippen LogP contribution in [-0.4, -0.2) is 146 Å². The topological polar surface area (TPSA) is 182 Å². The summed E-state index contributed by atoms with van der Waals surface area (Å²) in [6.07, 6.45) is 0. The number of aliphatic carboxylic acids is 1. The molecule has 0 heterocycles. The van der Waals surface area contributed by atoms with Crippen LogP contribution in [0.2, 0.25) is 0 Å². The Bertz CT molecular complexity index is 496. The quantitative estimate of drug-likeness (QED) is 0.100. The summed E-state index contributed by atoms with van der Waals surface area (Å²) in [5.41, 5.74) is 0. The Morgan fingerprint density at radius 1 is 0.429 bits per heavy atom. The van der Waals surface area contributed by atoms with Crippen LogP contribution in [0, 0.1) is 17.8 Å². The summed E-state index contributed by atoms with van der Waals surface area (Å²) in [5.74, 6) is -2.08. The van der Waals surface area contributed by atoms with E-state index >= 15 is 0 Å². The zero-order valence-electron chi connectivity index (χ0n) is 26.3. The maximum absolute atomic E-state index is 11.1. The minimum absolute atomic E-state index is 0.0391. The largest absolute Gasteiger partial charge is 0.481 e. The van der Waals surface area contributed by atoms with Gasteiger partial charge in [-0.1, -0.05) is 0 Å². The molecule has 0 radical (unpaired) electrons. The number of carbonyl (C=O) groups is 3. The second-order valence-electron chi connectivity index (χ2n) is 8.31. The van der Waals surface area contributed by atoms with E-state index in [1.54, 1.807) is 0 Å². The molecule has 0 aliphatic rings. The third-order valence-electron chi connectivity index (χ3n) is 4.62. The third kappa shape index (κ3) is 32.8. The van der Waals surface area contributed by atoms with Gasteiger partial charge in [-0.15, -0.1) is 0 Å². The predicted octanol–water partition coefficient (Wildman–Crippen LogP) is 0.793. The van der Waals surface area contributed by atoms with Crippen molar-refractivity contribution in [2.24, 2.45) is 17.8 Å². The van der Waals surface area contributed by atoms with Crippen LogP contribution in [0.5, 0.6) is 0 Å². The van der Waals surface area contributed by atoms with Crippen LogP contribution >= 0.6 is 0 Å². The van der Waals surface area contributed by atoms with E-state index in [0.717, 1.165) is 0 Å². The van der Waals surface area contributed by atoms with Gasteiger partial charge in [-0.05, 0) is 13.8 Å². The lowest BCUT2D eigenvalue weighted by Gasteiger charge is -2.13. The van der Waals surface area contributed by atoms with Gasteiger partial charge in [0.2, 0.25) is 0 Å². The molecule has 0 atom stereocenters. The predicted molar refractivity (Wildman–Crippen MR) is 146 cm³/mol. The van der Waals surface area contributed by atoms with E-state index in [0.29, 0.717) is 26.4 Å². The highest BCUT2D eigenvalue weighted by atomic mass is 16.7. The standard InChI is InChI=1S/2C9H18O5.C8H16O6/c2*1-8(10)9(4-13-6-11-2)5-14-7-12-3;1-11-5-13-3-7(8(9)10)4-14-6-12-2/h2*9H,4-7H2,1-3H3;7H,3-6H2,1-2H3,(H,9,10). The maximum atomic E-state index is 11.1. The molecule has 0 unspecified atom stereocenters. The molecule has 0 saturated heterocycles. The number of carboxylic acid groups (broad SMARTS) is 1. The lowest BCUT2D eigenvalue weighted by atomic mass is 10.1. The molecule has 0 spiro atoms. The number of hydrogen-bond acceptors (Lipinski definition) is 15. The monoisotopic (exact) mass is 620 g/mol. The lowest BCUT2D eigenvalue weighted by molar-refractivity contribution is -0.151. The molecule has 0 bridgehead atoms. The van der Waals surface area contributed by atoms with E-state index in [9.17, 15) is 14.4 Å². The Labute approximate surface area is 249 Å². The summed E-state index contributed by atoms with van der Waals surface area (Å²) >= 11 is 0. The first-order valence-electron chi connectivity index (χ1n) is 12.8. The molecule has 0 aliphatic carbocycles. The Kier molecular flexibility index (Phi) is 37.9. The summed E-state index contributed by atoms with van der Waals surface area (Å²) in [7, 11) is 9.07. The van der Waals surface area contributed by atoms with E-state index in [1.807, 2.05) is 0 Å². The molecule has 0 saturated carbocycles. The van der Waals surface area contributed by atoms with Crippen LogP contribution in [-0.2, 0) is 71.2 Å². The maximum Gasteiger partial charge on any atom is 0.311 e. The zero-order chi connectivity index (χ0) is 32.4. The lowest BCUT2D eigenvalue weighted by Crippen LogP contribution is -2.25. The Balaban J connectivity index is -0.000000543. The number of ketones is 2. The van der Waals surface area contributed by atoms with E-state index in [-0.39, 0.29) is 77.4 Å². The first-order valence-corrected chi connectivity index (χ1v) is 12.8. The molecule has 16 nitrogen and oxygen atoms in total. The first kappa shape index (κ1) is 44.8. The Morgan fingerprint density at radius 2 is 0.619 bits per heavy atom. The van der Waals surface area contributed by atoms with Gasteiger partial charge in [-0.3, -0.25) is 14.4 Å². The van der Waals surface area contributed by atoms with Crippen LogP contribution in [0.1, 0.15) is 13.8 Å². The minimum atomic E-state index is -0.961. The molecular formula is C26H52O16. The average molecular weight is 621 g/mol. The van der Waals surface area contributed by atoms with Crippen molar-refractivity contribution in [1.29, 1.82) is 0 Å². The molecule has 42 heavy (non-hydrogen) atoms. The van der Waals surface area contributed by atoms with E-state index in [4.69, 9.17) is 52.5 Å². The van der Waals surface area contributed by atoms with Crippen molar-refractivity contribution >= 4 is 17.5 Å². The molecule has 16 heteroatoms. The van der Waals surface area contributed by atoms with Crippen molar-refractivity contribution in [1.82, 2.24) is 0 Å². The van der Waals surface area contributed by atoms with E-state index < -0.39 is 11.9 Å². The van der Waals surface area contributed by atoms with Crippen LogP contribution in [0.3, 0.4) is 0 Å². The highest BCUT2D eigenvalue weighted by molar-refractivity contribution is 5.78. The van der Waals surface area contributed by atoms with Crippen molar-refractivity contribution in [2.45, 2.75) is 13.8 Å². The smallest absolute Gasteiger partial charge is 0.311 e. The zero-order valence-corrected chi connectivity index (χ0v) is 26.3. The highest BCUT2D eigenvalue weighted by Crippen LogP contribution is 2.02. The van der Waals surface area contributed by atoms with Crippen LogP contribution in [0.15, 0.2) is 0 Å². The van der Waals surface area contributed by atoms with Gasteiger partial charge in [0.25, 0.3) is 0 Å². The first-order chi connectivity index (χ1) is 20.2. The minimum Gasteiger partial charge on any atom is -0.481 e. The molecule has 1 N–H and O–H groups in total. The number of ether oxygens (including phenoxy) is 12. The molecule has 252 valence electrons. The van der Waals surface area contributed by atoms with Crippen molar-refractivity contribution < 1.29 is 76.3 Å². The molecule has 0 aromatic heterocycles. The number of carboxylic acids is 1. The Hall–Kier alpha value is -1.67. The molecule has 0 fully saturated rings. The number of carbonyl (C=O) groups excluding carboxylic acids is 2. The van der Waals surface area contributed by atoms with Gasteiger partial charge in [0.05, 0.1) is 51.5 Å². The fourth-order valence-electron chi connectivity index (χ4n) is 2.40. The van der Waals surface area contributed by atoms with Crippen LogP contribution < -0.4 is 0 Å². The van der Waals surface area contributed by atoms with Gasteiger partial charge in [0, 0.05) is 42.7 Å². The van der Waals surface area contributed by atoms with Crippen molar-refractivity contribution in [3.63, 3.8) is 0 Å². The fourth-order valence-corrected chi connectivity index (χ4v) is 2.40. The summed E-state index contributed by atoms with van der Waals surface area (Å²) in [4.78, 5) is 32.8. The number of rotatable bonds is 27. The van der Waals surface area contributed by atoms with Gasteiger partial charge in [0.1, 0.15) is 58.2 Å². The van der Waals surface area contributed by atoms with Gasteiger partial charge in [-0.2, -0.15) is 0 Å². The summed E-state index contributed by atoms with van der Waals surface area (Å²) < 4.78 is 58.1. The number of Topliss-reactive ketones (excluding diaryl/α,β-unsaturated/α-hetero) is 2. The average Bonchev–Trinajstić information content (AvgIpc) is 2.95. The molecule has 0 rings (SSSR count). The molecule has 0 aromatic carbocycles. The highest BCUT2D eigenvalue weighted by Gasteiger charge is 2.18. The molecule has 0 aliphatic heterocycles. The summed E-state index contributed by atoms with van der Waals surface area (Å²) in [6, 6.07) is 0. The summed E-state index contributed by atoms with van der Waals surface area (Å²) in [5, 5.41) is 8.73. The normalized spacial score (nSPS) is 10.8. The van der Waals surface area contributed by atoms with E-state index in [1.165, 1.54) is 56.5 Å². The van der Waals surface area contributed by atoms with Crippen molar-refractivity contribution in [3.8, 4) is 0 Å².